The van der Waals surface area contributed by atoms with E-state index in [1.807, 2.05) is 17.5 Å². The average molecular weight is 355 g/mol. The Morgan fingerprint density at radius 1 is 1.28 bits per heavy atom. The van der Waals surface area contributed by atoms with Crippen molar-refractivity contribution in [3.05, 3.63) is 51.7 Å². The summed E-state index contributed by atoms with van der Waals surface area (Å²) in [6.45, 7) is 1.11. The fraction of sp³-hybridized carbons (Fsp3) is 0.278. The van der Waals surface area contributed by atoms with E-state index in [4.69, 9.17) is 0 Å². The van der Waals surface area contributed by atoms with Gasteiger partial charge < -0.3 is 15.5 Å². The molecule has 128 valence electrons. The van der Waals surface area contributed by atoms with Gasteiger partial charge in [0.1, 0.15) is 6.04 Å². The van der Waals surface area contributed by atoms with Crippen LogP contribution in [0, 0.1) is 0 Å². The lowest BCUT2D eigenvalue weighted by molar-refractivity contribution is -0.119. The van der Waals surface area contributed by atoms with Crippen LogP contribution in [-0.4, -0.2) is 35.2 Å². The predicted octanol–water partition coefficient (Wildman–Crippen LogP) is 2.23. The van der Waals surface area contributed by atoms with Crippen LogP contribution in [0.5, 0.6) is 0 Å². The van der Waals surface area contributed by atoms with Crippen LogP contribution in [0.1, 0.15) is 38.4 Å². The number of nitrogens with one attached hydrogen (secondary N) is 2. The maximum atomic E-state index is 12.7. The van der Waals surface area contributed by atoms with E-state index >= 15 is 0 Å². The smallest absolute Gasteiger partial charge is 0.264 e. The van der Waals surface area contributed by atoms with Gasteiger partial charge in [-0.1, -0.05) is 12.1 Å². The molecule has 2 aliphatic heterocycles. The summed E-state index contributed by atoms with van der Waals surface area (Å²) in [7, 11) is 0. The first kappa shape index (κ1) is 15.8. The van der Waals surface area contributed by atoms with Crippen molar-refractivity contribution in [3.8, 4) is 0 Å². The molecule has 0 aliphatic carbocycles. The number of anilines is 1. The summed E-state index contributed by atoms with van der Waals surface area (Å²) >= 11 is 1.38. The van der Waals surface area contributed by atoms with Crippen molar-refractivity contribution in [3.63, 3.8) is 0 Å². The Bertz CT molecular complexity index is 847. The van der Waals surface area contributed by atoms with E-state index in [0.29, 0.717) is 35.6 Å². The lowest BCUT2D eigenvalue weighted by Crippen LogP contribution is -2.43. The van der Waals surface area contributed by atoms with E-state index in [1.54, 1.807) is 23.1 Å². The number of carbonyl (C=O) groups is 3. The molecule has 1 fully saturated rings. The number of amides is 3. The number of likely N-dealkylation sites (tertiary alicyclic amines) is 1. The highest BCUT2D eigenvalue weighted by molar-refractivity contribution is 7.12. The highest BCUT2D eigenvalue weighted by atomic mass is 32.1. The lowest BCUT2D eigenvalue weighted by atomic mass is 10.1. The van der Waals surface area contributed by atoms with Crippen molar-refractivity contribution in [2.75, 3.05) is 11.9 Å². The van der Waals surface area contributed by atoms with Gasteiger partial charge in [0.2, 0.25) is 5.91 Å². The normalized spacial score (nSPS) is 18.8. The van der Waals surface area contributed by atoms with Crippen molar-refractivity contribution in [2.45, 2.75) is 25.4 Å². The van der Waals surface area contributed by atoms with E-state index in [9.17, 15) is 14.4 Å². The van der Waals surface area contributed by atoms with Crippen LogP contribution in [0.3, 0.4) is 0 Å². The summed E-state index contributed by atoms with van der Waals surface area (Å²) in [4.78, 5) is 39.3. The summed E-state index contributed by atoms with van der Waals surface area (Å²) in [6.07, 6.45) is 1.45. The monoisotopic (exact) mass is 355 g/mol. The van der Waals surface area contributed by atoms with Gasteiger partial charge in [-0.05, 0) is 42.0 Å². The summed E-state index contributed by atoms with van der Waals surface area (Å²) in [6, 6.07) is 8.45. The minimum absolute atomic E-state index is 0.0963. The molecular weight excluding hydrogens is 338 g/mol. The zero-order valence-electron chi connectivity index (χ0n) is 13.5. The molecule has 2 aromatic rings. The molecular formula is C18H17N3O3S. The van der Waals surface area contributed by atoms with E-state index in [-0.39, 0.29) is 17.7 Å². The number of hydrogen-bond acceptors (Lipinski definition) is 4. The van der Waals surface area contributed by atoms with Gasteiger partial charge in [-0.25, -0.2) is 0 Å². The SMILES string of the molecule is O=C1NCc2ccc(NC(=O)[C@@H]3CCCN3C(=O)c3cccs3)cc21. The van der Waals surface area contributed by atoms with Crippen molar-refractivity contribution in [1.29, 1.82) is 0 Å². The standard InChI is InChI=1S/C18H17N3O3S/c22-16-13-9-12(6-5-11(13)10-19-16)20-17(23)14-3-1-7-21(14)18(24)15-4-2-8-25-15/h2,4-6,8-9,14H,1,3,7,10H2,(H,19,22)(H,20,23)/t14-/m0/s1. The highest BCUT2D eigenvalue weighted by Crippen LogP contribution is 2.25. The van der Waals surface area contributed by atoms with Crippen LogP contribution >= 0.6 is 11.3 Å². The first-order valence-corrected chi connectivity index (χ1v) is 9.08. The number of hydrogen-bond donors (Lipinski definition) is 2. The minimum atomic E-state index is -0.475. The minimum Gasteiger partial charge on any atom is -0.348 e. The van der Waals surface area contributed by atoms with Gasteiger partial charge in [0.25, 0.3) is 11.8 Å². The zero-order chi connectivity index (χ0) is 17.4. The second-order valence-corrected chi connectivity index (χ2v) is 7.13. The molecule has 1 aromatic carbocycles. The number of carbonyl (C=O) groups excluding carboxylic acids is 3. The zero-order valence-corrected chi connectivity index (χ0v) is 14.3. The third-order valence-electron chi connectivity index (χ3n) is 4.61. The Morgan fingerprint density at radius 3 is 2.96 bits per heavy atom. The van der Waals surface area contributed by atoms with Crippen LogP contribution in [0.4, 0.5) is 5.69 Å². The van der Waals surface area contributed by atoms with Gasteiger partial charge in [0.05, 0.1) is 4.88 Å². The maximum absolute atomic E-state index is 12.7. The molecule has 6 nitrogen and oxygen atoms in total. The van der Waals surface area contributed by atoms with E-state index in [1.165, 1.54) is 11.3 Å². The number of nitrogens with zero attached hydrogens (tertiary/aromatic N) is 1. The Hall–Kier alpha value is -2.67. The molecule has 0 radical (unpaired) electrons. The Balaban J connectivity index is 1.50. The number of fused-ring (bicyclic) bond motifs is 1. The largest absolute Gasteiger partial charge is 0.348 e. The number of benzene rings is 1. The molecule has 4 rings (SSSR count). The molecule has 2 aliphatic rings. The fourth-order valence-corrected chi connectivity index (χ4v) is 4.02. The van der Waals surface area contributed by atoms with Gasteiger partial charge in [-0.15, -0.1) is 11.3 Å². The van der Waals surface area contributed by atoms with E-state index < -0.39 is 6.04 Å². The predicted molar refractivity (Wildman–Crippen MR) is 94.6 cm³/mol. The second kappa shape index (κ2) is 6.33. The van der Waals surface area contributed by atoms with E-state index in [2.05, 4.69) is 10.6 Å². The van der Waals surface area contributed by atoms with Gasteiger partial charge >= 0.3 is 0 Å². The van der Waals surface area contributed by atoms with Gasteiger partial charge in [0, 0.05) is 24.3 Å². The molecule has 3 heterocycles. The van der Waals surface area contributed by atoms with Crippen molar-refractivity contribution in [2.24, 2.45) is 0 Å². The Labute approximate surface area is 148 Å². The molecule has 3 amide bonds. The quantitative estimate of drug-likeness (QED) is 0.886. The summed E-state index contributed by atoms with van der Waals surface area (Å²) < 4.78 is 0. The van der Waals surface area contributed by atoms with Crippen LogP contribution in [0.15, 0.2) is 35.7 Å². The molecule has 25 heavy (non-hydrogen) atoms. The highest BCUT2D eigenvalue weighted by Gasteiger charge is 2.35. The third kappa shape index (κ3) is 2.91. The van der Waals surface area contributed by atoms with Crippen LogP contribution in [-0.2, 0) is 11.3 Å². The molecule has 2 N–H and O–H groups in total. The number of rotatable bonds is 3. The Kier molecular flexibility index (Phi) is 4.01. The Morgan fingerprint density at radius 2 is 2.16 bits per heavy atom. The van der Waals surface area contributed by atoms with Crippen LogP contribution in [0.25, 0.3) is 0 Å². The lowest BCUT2D eigenvalue weighted by Gasteiger charge is -2.23. The average Bonchev–Trinajstić information content (AvgIpc) is 3.36. The molecule has 0 bridgehead atoms. The molecule has 1 aromatic heterocycles. The molecule has 0 unspecified atom stereocenters. The maximum Gasteiger partial charge on any atom is 0.264 e. The number of thiophene rings is 1. The first-order chi connectivity index (χ1) is 12.1. The summed E-state index contributed by atoms with van der Waals surface area (Å²) in [5, 5.41) is 7.46. The van der Waals surface area contributed by atoms with Gasteiger partial charge in [0.15, 0.2) is 0 Å². The van der Waals surface area contributed by atoms with Gasteiger partial charge in [-0.2, -0.15) is 0 Å². The van der Waals surface area contributed by atoms with Crippen molar-refractivity contribution in [1.82, 2.24) is 10.2 Å². The van der Waals surface area contributed by atoms with Crippen LogP contribution in [0.2, 0.25) is 0 Å². The molecule has 1 atom stereocenters. The molecule has 0 saturated carbocycles. The molecule has 0 spiro atoms. The third-order valence-corrected chi connectivity index (χ3v) is 5.47. The van der Waals surface area contributed by atoms with Crippen molar-refractivity contribution < 1.29 is 14.4 Å². The van der Waals surface area contributed by atoms with E-state index in [0.717, 1.165) is 12.0 Å². The first-order valence-electron chi connectivity index (χ1n) is 8.20. The summed E-state index contributed by atoms with van der Waals surface area (Å²) in [5.74, 6) is -0.428. The van der Waals surface area contributed by atoms with Crippen LogP contribution < -0.4 is 10.6 Å². The fourth-order valence-electron chi connectivity index (χ4n) is 3.34. The summed E-state index contributed by atoms with van der Waals surface area (Å²) in [5.41, 5.74) is 2.10. The van der Waals surface area contributed by atoms with Gasteiger partial charge in [-0.3, -0.25) is 14.4 Å². The molecule has 7 heteroatoms. The second-order valence-electron chi connectivity index (χ2n) is 6.18. The van der Waals surface area contributed by atoms with Crippen molar-refractivity contribution >= 4 is 34.7 Å². The molecule has 1 saturated heterocycles. The topological polar surface area (TPSA) is 78.5 Å².